The molecular weight excluding hydrogens is 488 g/mol. The van der Waals surface area contributed by atoms with Crippen molar-refractivity contribution in [2.45, 2.75) is 52.4 Å². The maximum absolute atomic E-state index is 12.8. The van der Waals surface area contributed by atoms with Crippen LogP contribution in [0.1, 0.15) is 37.7 Å². The summed E-state index contributed by atoms with van der Waals surface area (Å²) in [5.41, 5.74) is 0.188. The lowest BCUT2D eigenvalue weighted by Gasteiger charge is -2.32. The summed E-state index contributed by atoms with van der Waals surface area (Å²) >= 11 is 0. The number of ether oxygens (including phenoxy) is 2. The van der Waals surface area contributed by atoms with Gasteiger partial charge in [-0.1, -0.05) is 66.9 Å². The molecule has 5 rings (SSSR count). The summed E-state index contributed by atoms with van der Waals surface area (Å²) in [6.45, 7) is -0.142. The molecule has 0 bridgehead atoms. The van der Waals surface area contributed by atoms with Crippen molar-refractivity contribution in [3.63, 3.8) is 0 Å². The van der Waals surface area contributed by atoms with Gasteiger partial charge in [0.25, 0.3) is 0 Å². The van der Waals surface area contributed by atoms with Gasteiger partial charge >= 0.3 is 5.97 Å². The van der Waals surface area contributed by atoms with E-state index < -0.39 is 5.60 Å². The molecule has 1 aliphatic carbocycles. The molecule has 4 aromatic carbocycles. The molecule has 0 saturated heterocycles. The summed E-state index contributed by atoms with van der Waals surface area (Å²) in [5, 5.41) is 0. The fourth-order valence-corrected chi connectivity index (χ4v) is 6.75. The summed E-state index contributed by atoms with van der Waals surface area (Å²) < 4.78 is 11.8. The molecule has 1 saturated carbocycles. The molecule has 0 spiro atoms. The second-order valence-electron chi connectivity index (χ2n) is 9.34. The molecule has 38 heavy (non-hydrogen) atoms. The van der Waals surface area contributed by atoms with E-state index >= 15 is 0 Å². The molecule has 3 nitrogen and oxygen atoms in total. The van der Waals surface area contributed by atoms with Crippen LogP contribution in [0.3, 0.4) is 0 Å². The van der Waals surface area contributed by atoms with E-state index in [0.717, 1.165) is 37.7 Å². The monoisotopic (exact) mass is 519 g/mol. The largest absolute Gasteiger partial charge is 0.482 e. The fourth-order valence-electron chi connectivity index (χ4n) is 4.67. The Labute approximate surface area is 228 Å². The van der Waals surface area contributed by atoms with Crippen molar-refractivity contribution in [1.29, 1.82) is 0 Å². The molecule has 0 amide bonds. The Hall–Kier alpha value is -3.94. The number of carbonyl (C=O) groups excluding carboxylic acids is 1. The van der Waals surface area contributed by atoms with Gasteiger partial charge in [-0.15, -0.1) is 0 Å². The molecule has 0 aliphatic heterocycles. The first-order valence-electron chi connectivity index (χ1n) is 13.1. The minimum Gasteiger partial charge on any atom is -0.482 e. The van der Waals surface area contributed by atoms with Crippen molar-refractivity contribution in [1.82, 2.24) is 0 Å². The minimum absolute atomic E-state index is 0.142. The van der Waals surface area contributed by atoms with Crippen molar-refractivity contribution in [3.8, 4) is 17.6 Å². The standard InChI is InChI=1S/C34H31O3S/c35-33(37-34(24-11-4-12-25-34)26-23-28-13-5-1-6-14-28)27-36-29-19-21-32(22-20-29)38(30-15-7-2-8-16-30)31-17-9-3-10-18-31/h1-3,5-10,13-22H,4,11-12,24-25,27H2/q+1. The topological polar surface area (TPSA) is 35.5 Å². The first-order chi connectivity index (χ1) is 18.7. The number of rotatable bonds is 7. The molecule has 0 unspecified atom stereocenters. The highest BCUT2D eigenvalue weighted by Crippen LogP contribution is 2.33. The Bertz CT molecular complexity index is 1330. The first-order valence-corrected chi connectivity index (χ1v) is 14.3. The normalized spacial score (nSPS) is 14.2. The Morgan fingerprint density at radius 3 is 1.79 bits per heavy atom. The molecule has 0 heterocycles. The zero-order valence-electron chi connectivity index (χ0n) is 21.3. The number of hydrogen-bond donors (Lipinski definition) is 0. The van der Waals surface area contributed by atoms with Gasteiger partial charge in [-0.05, 0) is 92.3 Å². The molecule has 0 radical (unpaired) electrons. The van der Waals surface area contributed by atoms with E-state index in [-0.39, 0.29) is 23.5 Å². The van der Waals surface area contributed by atoms with Crippen LogP contribution in [-0.2, 0) is 20.4 Å². The highest BCUT2D eigenvalue weighted by atomic mass is 32.2. The maximum atomic E-state index is 12.8. The van der Waals surface area contributed by atoms with Gasteiger partial charge in [-0.3, -0.25) is 0 Å². The predicted molar refractivity (Wildman–Crippen MR) is 152 cm³/mol. The van der Waals surface area contributed by atoms with Gasteiger partial charge < -0.3 is 9.47 Å². The van der Waals surface area contributed by atoms with Crippen LogP contribution >= 0.6 is 0 Å². The highest BCUT2D eigenvalue weighted by molar-refractivity contribution is 7.97. The molecule has 0 N–H and O–H groups in total. The maximum Gasteiger partial charge on any atom is 0.345 e. The third kappa shape index (κ3) is 6.68. The number of hydrogen-bond acceptors (Lipinski definition) is 3. The zero-order valence-corrected chi connectivity index (χ0v) is 22.2. The Morgan fingerprint density at radius 2 is 1.21 bits per heavy atom. The SMILES string of the molecule is O=C(COc1ccc([S+](c2ccccc2)c2ccccc2)cc1)OC1(C#Cc2ccccc2)CCCCC1. The van der Waals surface area contributed by atoms with Crippen LogP contribution in [0.5, 0.6) is 5.75 Å². The van der Waals surface area contributed by atoms with Crippen LogP contribution in [0, 0.1) is 11.8 Å². The molecule has 4 aromatic rings. The lowest BCUT2D eigenvalue weighted by molar-refractivity contribution is -0.159. The third-order valence-corrected chi connectivity index (χ3v) is 8.78. The van der Waals surface area contributed by atoms with Crippen molar-refractivity contribution < 1.29 is 14.3 Å². The van der Waals surface area contributed by atoms with Crippen molar-refractivity contribution in [2.24, 2.45) is 0 Å². The van der Waals surface area contributed by atoms with E-state index in [0.29, 0.717) is 5.75 Å². The average molecular weight is 520 g/mol. The smallest absolute Gasteiger partial charge is 0.345 e. The molecule has 190 valence electrons. The van der Waals surface area contributed by atoms with Crippen LogP contribution < -0.4 is 4.74 Å². The van der Waals surface area contributed by atoms with E-state index in [2.05, 4.69) is 72.5 Å². The van der Waals surface area contributed by atoms with Gasteiger partial charge in [-0.2, -0.15) is 0 Å². The lowest BCUT2D eigenvalue weighted by atomic mass is 9.85. The molecule has 1 fully saturated rings. The van der Waals surface area contributed by atoms with Gasteiger partial charge in [0.15, 0.2) is 26.9 Å². The second kappa shape index (κ2) is 12.5. The zero-order chi connectivity index (χ0) is 26.0. The second-order valence-corrected chi connectivity index (χ2v) is 11.4. The molecule has 4 heteroatoms. The third-order valence-electron chi connectivity index (χ3n) is 6.55. The Kier molecular flexibility index (Phi) is 8.48. The van der Waals surface area contributed by atoms with Gasteiger partial charge in [0, 0.05) is 5.56 Å². The van der Waals surface area contributed by atoms with Gasteiger partial charge in [-0.25, -0.2) is 4.79 Å². The number of benzene rings is 4. The van der Waals surface area contributed by atoms with Crippen LogP contribution in [0.4, 0.5) is 0 Å². The first kappa shape index (κ1) is 25.7. The summed E-state index contributed by atoms with van der Waals surface area (Å²) in [4.78, 5) is 16.5. The van der Waals surface area contributed by atoms with E-state index in [4.69, 9.17) is 9.47 Å². The summed E-state index contributed by atoms with van der Waals surface area (Å²) in [5.74, 6) is 6.75. The van der Waals surface area contributed by atoms with E-state index in [1.54, 1.807) is 0 Å². The molecule has 0 atom stereocenters. The fraction of sp³-hybridized carbons (Fsp3) is 0.206. The van der Waals surface area contributed by atoms with E-state index in [9.17, 15) is 4.79 Å². The van der Waals surface area contributed by atoms with Crippen molar-refractivity contribution in [3.05, 3.63) is 121 Å². The van der Waals surface area contributed by atoms with E-state index in [1.807, 2.05) is 54.6 Å². The minimum atomic E-state index is -0.738. The van der Waals surface area contributed by atoms with Crippen molar-refractivity contribution in [2.75, 3.05) is 6.61 Å². The molecular formula is C34H31O3S+. The molecule has 1 aliphatic rings. The Morgan fingerprint density at radius 1 is 0.684 bits per heavy atom. The lowest BCUT2D eigenvalue weighted by Crippen LogP contribution is -2.37. The van der Waals surface area contributed by atoms with Crippen LogP contribution in [0.15, 0.2) is 130 Å². The van der Waals surface area contributed by atoms with Gasteiger partial charge in [0.05, 0.1) is 10.9 Å². The quantitative estimate of drug-likeness (QED) is 0.144. The Balaban J connectivity index is 1.25. The van der Waals surface area contributed by atoms with Gasteiger partial charge in [0.1, 0.15) is 5.75 Å². The van der Waals surface area contributed by atoms with Crippen LogP contribution in [0.2, 0.25) is 0 Å². The highest BCUT2D eigenvalue weighted by Gasteiger charge is 2.34. The summed E-state index contributed by atoms with van der Waals surface area (Å²) in [6.07, 6.45) is 4.67. The van der Waals surface area contributed by atoms with Crippen LogP contribution in [-0.4, -0.2) is 18.2 Å². The average Bonchev–Trinajstić information content (AvgIpc) is 2.98. The number of esters is 1. The summed E-state index contributed by atoms with van der Waals surface area (Å²) in [7, 11) is -0.227. The summed E-state index contributed by atoms with van der Waals surface area (Å²) in [6, 6.07) is 38.9. The predicted octanol–water partition coefficient (Wildman–Crippen LogP) is 7.46. The van der Waals surface area contributed by atoms with Gasteiger partial charge in [0.2, 0.25) is 0 Å². The van der Waals surface area contributed by atoms with Crippen molar-refractivity contribution >= 4 is 16.9 Å². The molecule has 0 aromatic heterocycles. The number of carbonyl (C=O) groups is 1. The van der Waals surface area contributed by atoms with E-state index in [1.165, 1.54) is 14.7 Å². The van der Waals surface area contributed by atoms with Crippen LogP contribution in [0.25, 0.3) is 0 Å².